The summed E-state index contributed by atoms with van der Waals surface area (Å²) in [4.78, 5) is 48.6. The molecular weight excluding hydrogens is 472 g/mol. The van der Waals surface area contributed by atoms with E-state index in [-0.39, 0.29) is 31.6 Å². The molecule has 0 bridgehead atoms. The van der Waals surface area contributed by atoms with Crippen LogP contribution in [0.2, 0.25) is 0 Å². The summed E-state index contributed by atoms with van der Waals surface area (Å²) >= 11 is 0. The van der Waals surface area contributed by atoms with Crippen LogP contribution in [0.25, 0.3) is 0 Å². The molecule has 0 radical (unpaired) electrons. The van der Waals surface area contributed by atoms with Crippen molar-refractivity contribution in [2.45, 2.75) is 51.9 Å². The van der Waals surface area contributed by atoms with Crippen molar-refractivity contribution in [2.24, 2.45) is 0 Å². The number of carbonyl (C=O) groups is 4. The molecule has 0 unspecified atom stereocenters. The van der Waals surface area contributed by atoms with Crippen molar-refractivity contribution in [1.82, 2.24) is 19.9 Å². The van der Waals surface area contributed by atoms with Crippen LogP contribution in [-0.4, -0.2) is 75.3 Å². The fraction of sp³-hybridized carbons (Fsp3) is 0.417. The minimum atomic E-state index is -0.767. The highest BCUT2D eigenvalue weighted by Crippen LogP contribution is 2.22. The smallest absolute Gasteiger partial charge is 0.303 e. The van der Waals surface area contributed by atoms with E-state index < -0.39 is 30.4 Å². The van der Waals surface area contributed by atoms with Crippen LogP contribution < -0.4 is 0 Å². The minimum Gasteiger partial charge on any atom is -0.463 e. The monoisotopic (exact) mass is 498 g/mol. The highest BCUT2D eigenvalue weighted by atomic mass is 16.7. The Labute approximate surface area is 206 Å². The van der Waals surface area contributed by atoms with E-state index in [0.717, 1.165) is 0 Å². The summed E-state index contributed by atoms with van der Waals surface area (Å²) in [7, 11) is 0. The van der Waals surface area contributed by atoms with E-state index in [1.54, 1.807) is 47.3 Å². The third-order valence-electron chi connectivity index (χ3n) is 5.51. The number of imide groups is 1. The lowest BCUT2D eigenvalue weighted by Crippen LogP contribution is -2.42. The zero-order chi connectivity index (χ0) is 25.7. The Kier molecular flexibility index (Phi) is 7.86. The summed E-state index contributed by atoms with van der Waals surface area (Å²) in [6, 6.07) is 6.77. The summed E-state index contributed by atoms with van der Waals surface area (Å²) in [5.74, 6) is -1.54. The van der Waals surface area contributed by atoms with Gasteiger partial charge in [-0.05, 0) is 30.7 Å². The Morgan fingerprint density at radius 3 is 2.42 bits per heavy atom. The molecule has 4 rings (SSSR count). The highest BCUT2D eigenvalue weighted by Gasteiger charge is 2.34. The Morgan fingerprint density at radius 2 is 1.75 bits per heavy atom. The third kappa shape index (κ3) is 6.01. The fourth-order valence-electron chi connectivity index (χ4n) is 3.87. The van der Waals surface area contributed by atoms with E-state index in [1.165, 1.54) is 18.7 Å². The largest absolute Gasteiger partial charge is 0.463 e. The highest BCUT2D eigenvalue weighted by molar-refractivity contribution is 6.21. The van der Waals surface area contributed by atoms with Crippen molar-refractivity contribution >= 4 is 23.8 Å². The first-order valence-corrected chi connectivity index (χ1v) is 11.4. The van der Waals surface area contributed by atoms with Crippen molar-refractivity contribution < 1.29 is 38.1 Å². The van der Waals surface area contributed by atoms with Gasteiger partial charge in [-0.2, -0.15) is 0 Å². The quantitative estimate of drug-likeness (QED) is 0.267. The molecule has 2 aliphatic rings. The zero-order valence-corrected chi connectivity index (χ0v) is 19.9. The molecule has 0 aliphatic carbocycles. The molecule has 2 aromatic rings. The van der Waals surface area contributed by atoms with E-state index in [9.17, 15) is 19.2 Å². The predicted octanol–water partition coefficient (Wildman–Crippen LogP) is 1.26. The molecule has 12 nitrogen and oxygen atoms in total. The average Bonchev–Trinajstić information content (AvgIpc) is 3.40. The van der Waals surface area contributed by atoms with E-state index in [1.807, 2.05) is 0 Å². The Morgan fingerprint density at radius 1 is 1.03 bits per heavy atom. The predicted molar refractivity (Wildman–Crippen MR) is 121 cm³/mol. The van der Waals surface area contributed by atoms with Crippen molar-refractivity contribution in [3.05, 3.63) is 59.4 Å². The number of aromatic nitrogens is 3. The maximum atomic E-state index is 12.4. The second kappa shape index (κ2) is 11.2. The summed E-state index contributed by atoms with van der Waals surface area (Å²) in [5.41, 5.74) is 1.40. The molecule has 3 heterocycles. The van der Waals surface area contributed by atoms with E-state index in [4.69, 9.17) is 18.9 Å². The number of fused-ring (bicyclic) bond motifs is 1. The van der Waals surface area contributed by atoms with Gasteiger partial charge < -0.3 is 18.9 Å². The van der Waals surface area contributed by atoms with Crippen molar-refractivity contribution in [3.63, 3.8) is 0 Å². The van der Waals surface area contributed by atoms with Gasteiger partial charge in [-0.3, -0.25) is 28.8 Å². The van der Waals surface area contributed by atoms with Gasteiger partial charge in [0.25, 0.3) is 11.8 Å². The number of benzene rings is 1. The Bertz CT molecular complexity index is 1140. The van der Waals surface area contributed by atoms with Gasteiger partial charge in [0, 0.05) is 26.9 Å². The van der Waals surface area contributed by atoms with Crippen LogP contribution in [-0.2, 0) is 41.7 Å². The number of esters is 2. The lowest BCUT2D eigenvalue weighted by molar-refractivity contribution is -0.200. The first-order chi connectivity index (χ1) is 17.3. The van der Waals surface area contributed by atoms with Crippen LogP contribution in [0.1, 0.15) is 46.7 Å². The first-order valence-electron chi connectivity index (χ1n) is 11.4. The number of hydrogen-bond acceptors (Lipinski definition) is 10. The molecule has 0 fully saturated rings. The number of rotatable bonds is 10. The number of amides is 2. The second-order valence-corrected chi connectivity index (χ2v) is 8.25. The normalized spacial score (nSPS) is 20.9. The number of nitrogens with zero attached hydrogens (tertiary/aromatic N) is 4. The van der Waals surface area contributed by atoms with Crippen LogP contribution in [0.5, 0.6) is 0 Å². The molecule has 3 atom stereocenters. The van der Waals surface area contributed by atoms with Crippen LogP contribution >= 0.6 is 0 Å². The van der Waals surface area contributed by atoms with Crippen molar-refractivity contribution in [2.75, 3.05) is 13.2 Å². The summed E-state index contributed by atoms with van der Waals surface area (Å²) in [6.07, 6.45) is 3.25. The zero-order valence-electron chi connectivity index (χ0n) is 19.9. The van der Waals surface area contributed by atoms with Crippen LogP contribution in [0.3, 0.4) is 0 Å². The number of aryl methyl sites for hydroxylation is 1. The topological polar surface area (TPSA) is 139 Å². The second-order valence-electron chi connectivity index (χ2n) is 8.25. The molecule has 0 N–H and O–H groups in total. The average molecular weight is 498 g/mol. The molecule has 12 heteroatoms. The number of ether oxygens (including phenoxy) is 4. The van der Waals surface area contributed by atoms with Gasteiger partial charge in [0.15, 0.2) is 6.29 Å². The maximum Gasteiger partial charge on any atom is 0.303 e. The summed E-state index contributed by atoms with van der Waals surface area (Å²) in [6.45, 7) is 3.27. The Balaban J connectivity index is 1.25. The third-order valence-corrected chi connectivity index (χ3v) is 5.51. The van der Waals surface area contributed by atoms with Gasteiger partial charge in [0.2, 0.25) is 0 Å². The van der Waals surface area contributed by atoms with Gasteiger partial charge in [-0.15, -0.1) is 5.10 Å². The molecule has 190 valence electrons. The fourth-order valence-corrected chi connectivity index (χ4v) is 3.87. The number of carbonyl (C=O) groups excluding carboxylic acids is 4. The van der Waals surface area contributed by atoms with E-state index in [2.05, 4.69) is 10.3 Å². The SMILES string of the molecule is CC(=O)OC[C@H]1O[C@H](OCc2cn(CCCN3C(=O)c4ccccc4C3=O)nn2)C=C[C@@H]1OC(C)=O. The number of hydrogen-bond donors (Lipinski definition) is 0. The first kappa shape index (κ1) is 25.2. The van der Waals surface area contributed by atoms with E-state index >= 15 is 0 Å². The van der Waals surface area contributed by atoms with E-state index in [0.29, 0.717) is 29.8 Å². The molecule has 0 saturated heterocycles. The molecule has 2 aliphatic heterocycles. The lowest BCUT2D eigenvalue weighted by Gasteiger charge is -2.31. The molecule has 2 amide bonds. The molecule has 36 heavy (non-hydrogen) atoms. The van der Waals surface area contributed by atoms with Gasteiger partial charge in [-0.25, -0.2) is 0 Å². The van der Waals surface area contributed by atoms with Gasteiger partial charge >= 0.3 is 11.9 Å². The van der Waals surface area contributed by atoms with Gasteiger partial charge in [-0.1, -0.05) is 17.3 Å². The standard InChI is InChI=1S/C24H26N4O8/c1-15(29)33-14-21-20(35-16(2)30)8-9-22(36-21)34-13-17-12-27(26-25-17)10-5-11-28-23(31)18-6-3-4-7-19(18)24(28)32/h3-4,6-9,12,20-22H,5,10-11,13-14H2,1-2H3/t20-,21+,22-/m0/s1. The minimum absolute atomic E-state index is 0.0892. The van der Waals surface area contributed by atoms with Crippen molar-refractivity contribution in [3.8, 4) is 0 Å². The molecule has 0 saturated carbocycles. The van der Waals surface area contributed by atoms with Crippen LogP contribution in [0, 0.1) is 0 Å². The van der Waals surface area contributed by atoms with Crippen LogP contribution in [0.15, 0.2) is 42.6 Å². The van der Waals surface area contributed by atoms with Gasteiger partial charge in [0.05, 0.1) is 23.9 Å². The molecular formula is C24H26N4O8. The van der Waals surface area contributed by atoms with Crippen molar-refractivity contribution in [1.29, 1.82) is 0 Å². The Hall–Kier alpha value is -3.90. The van der Waals surface area contributed by atoms with Crippen LogP contribution in [0.4, 0.5) is 0 Å². The summed E-state index contributed by atoms with van der Waals surface area (Å²) in [5, 5.41) is 8.12. The molecule has 1 aromatic heterocycles. The van der Waals surface area contributed by atoms with Gasteiger partial charge in [0.1, 0.15) is 24.5 Å². The molecule has 1 aromatic carbocycles. The molecule has 0 spiro atoms. The summed E-state index contributed by atoms with van der Waals surface area (Å²) < 4.78 is 23.3. The lowest BCUT2D eigenvalue weighted by atomic mass is 10.1. The maximum absolute atomic E-state index is 12.4.